The van der Waals surface area contributed by atoms with Crippen LogP contribution in [0.15, 0.2) is 43.0 Å². The summed E-state index contributed by atoms with van der Waals surface area (Å²) in [6.07, 6.45) is 0.992. The third-order valence-electron chi connectivity index (χ3n) is 6.39. The number of anilines is 2. The summed E-state index contributed by atoms with van der Waals surface area (Å²) in [5, 5.41) is 19.6. The molecule has 1 amide bonds. The summed E-state index contributed by atoms with van der Waals surface area (Å²) in [4.78, 5) is 21.4. The molecule has 0 aliphatic rings. The Balaban J connectivity index is 1.60. The minimum Gasteiger partial charge on any atom is -0.391 e. The van der Waals surface area contributed by atoms with E-state index in [0.29, 0.717) is 61.9 Å². The summed E-state index contributed by atoms with van der Waals surface area (Å²) >= 11 is 0. The van der Waals surface area contributed by atoms with Crippen LogP contribution >= 0.6 is 0 Å². The number of carbonyl (C=O) groups is 1. The molecule has 11 nitrogen and oxygen atoms in total. The number of alkyl halides is 3. The molecule has 0 aliphatic carbocycles. The maximum absolute atomic E-state index is 13.9. The lowest BCUT2D eigenvalue weighted by Gasteiger charge is -2.13. The predicted octanol–water partition coefficient (Wildman–Crippen LogP) is 3.39. The normalized spacial score (nSPS) is 12.6. The Bertz CT molecular complexity index is 1480. The van der Waals surface area contributed by atoms with Crippen molar-refractivity contribution in [2.75, 3.05) is 31.6 Å². The van der Waals surface area contributed by atoms with E-state index in [1.165, 1.54) is 29.2 Å². The highest BCUT2D eigenvalue weighted by atomic mass is 19.4. The van der Waals surface area contributed by atoms with Gasteiger partial charge in [-0.05, 0) is 36.6 Å². The van der Waals surface area contributed by atoms with E-state index in [4.69, 9.17) is 10.5 Å². The zero-order valence-electron chi connectivity index (χ0n) is 22.8. The standard InChI is InChI=1S/C27H33F3N8O3/c1-3-17-13-18(5-6-20(17)26(40)33-9-12-41-11-7-31)35-24-25-34-14-22(38(25)10-8-32-24)21-16-37(15-19(39)4-2)36-23(21)27(28,29)30/h5-6,8,10,13-14,16,19,39H,3-4,7,9,11-12,15,31H2,1-2H3,(H,32,35)(H,33,40). The lowest BCUT2D eigenvalue weighted by atomic mass is 10.0. The van der Waals surface area contributed by atoms with Crippen LogP contribution in [0.1, 0.15) is 41.9 Å². The third-order valence-corrected chi connectivity index (χ3v) is 6.39. The van der Waals surface area contributed by atoms with Crippen LogP contribution in [-0.4, -0.2) is 67.6 Å². The molecule has 0 fully saturated rings. The van der Waals surface area contributed by atoms with E-state index in [0.717, 1.165) is 10.2 Å². The average Bonchev–Trinajstić information content (AvgIpc) is 3.57. The van der Waals surface area contributed by atoms with Gasteiger partial charge in [-0.2, -0.15) is 18.3 Å². The molecule has 5 N–H and O–H groups in total. The highest BCUT2D eigenvalue weighted by molar-refractivity contribution is 5.96. The summed E-state index contributed by atoms with van der Waals surface area (Å²) in [5.41, 5.74) is 6.58. The molecular weight excluding hydrogens is 541 g/mol. The van der Waals surface area contributed by atoms with Gasteiger partial charge in [-0.1, -0.05) is 13.8 Å². The van der Waals surface area contributed by atoms with E-state index in [1.54, 1.807) is 19.1 Å². The number of nitrogens with one attached hydrogen (secondary N) is 2. The van der Waals surface area contributed by atoms with Gasteiger partial charge in [0.05, 0.1) is 43.3 Å². The van der Waals surface area contributed by atoms with E-state index in [1.807, 2.05) is 13.0 Å². The van der Waals surface area contributed by atoms with Crippen molar-refractivity contribution in [2.24, 2.45) is 5.73 Å². The molecule has 41 heavy (non-hydrogen) atoms. The number of amides is 1. The number of ether oxygens (including phenoxy) is 1. The summed E-state index contributed by atoms with van der Waals surface area (Å²) in [5.74, 6) is 0.0905. The van der Waals surface area contributed by atoms with Crippen molar-refractivity contribution in [1.82, 2.24) is 29.5 Å². The molecule has 4 aromatic rings. The fraction of sp³-hybridized carbons (Fsp3) is 0.407. The molecule has 0 spiro atoms. The molecule has 0 radical (unpaired) electrons. The lowest BCUT2D eigenvalue weighted by Crippen LogP contribution is -2.28. The lowest BCUT2D eigenvalue weighted by molar-refractivity contribution is -0.141. The topological polar surface area (TPSA) is 145 Å². The monoisotopic (exact) mass is 574 g/mol. The highest BCUT2D eigenvalue weighted by Crippen LogP contribution is 2.37. The number of aliphatic hydroxyl groups excluding tert-OH is 1. The number of rotatable bonds is 13. The van der Waals surface area contributed by atoms with Gasteiger partial charge in [0.25, 0.3) is 5.91 Å². The number of fused-ring (bicyclic) bond motifs is 1. The van der Waals surface area contributed by atoms with E-state index in [-0.39, 0.29) is 23.7 Å². The number of hydrogen-bond donors (Lipinski definition) is 4. The highest BCUT2D eigenvalue weighted by Gasteiger charge is 2.38. The first-order chi connectivity index (χ1) is 19.7. The second-order valence-electron chi connectivity index (χ2n) is 9.29. The number of benzene rings is 1. The van der Waals surface area contributed by atoms with Gasteiger partial charge in [-0.3, -0.25) is 13.9 Å². The SMILES string of the molecule is CCc1cc(Nc2nccn3c(-c4cn(CC(O)CC)nc4C(F)(F)F)cnc23)ccc1C(=O)NCCOCCN. The molecule has 1 aromatic carbocycles. The van der Waals surface area contributed by atoms with Crippen molar-refractivity contribution in [3.05, 3.63) is 59.8 Å². The van der Waals surface area contributed by atoms with Crippen LogP contribution in [-0.2, 0) is 23.9 Å². The maximum atomic E-state index is 13.9. The molecular formula is C27H33F3N8O3. The van der Waals surface area contributed by atoms with Crippen LogP contribution in [0.2, 0.25) is 0 Å². The number of aryl methyl sites for hydroxylation is 1. The first kappa shape index (κ1) is 30.0. The number of aliphatic hydroxyl groups is 1. The van der Waals surface area contributed by atoms with Crippen LogP contribution < -0.4 is 16.4 Å². The molecule has 0 bridgehead atoms. The fourth-order valence-corrected chi connectivity index (χ4v) is 4.30. The Morgan fingerprint density at radius 1 is 1.22 bits per heavy atom. The first-order valence-corrected chi connectivity index (χ1v) is 13.3. The largest absolute Gasteiger partial charge is 0.435 e. The number of imidazole rings is 1. The van der Waals surface area contributed by atoms with Crippen molar-refractivity contribution in [1.29, 1.82) is 0 Å². The van der Waals surface area contributed by atoms with Gasteiger partial charge < -0.3 is 26.2 Å². The molecule has 3 heterocycles. The number of hydrogen-bond acceptors (Lipinski definition) is 8. The van der Waals surface area contributed by atoms with Gasteiger partial charge >= 0.3 is 6.18 Å². The quantitative estimate of drug-likeness (QED) is 0.178. The van der Waals surface area contributed by atoms with Crippen LogP contribution in [0, 0.1) is 0 Å². The van der Waals surface area contributed by atoms with Gasteiger partial charge in [0.15, 0.2) is 17.2 Å². The van der Waals surface area contributed by atoms with E-state index < -0.39 is 18.0 Å². The molecule has 0 saturated heterocycles. The summed E-state index contributed by atoms with van der Waals surface area (Å²) < 4.78 is 49.5. The second-order valence-corrected chi connectivity index (χ2v) is 9.29. The number of carbonyl (C=O) groups excluding carboxylic acids is 1. The summed E-state index contributed by atoms with van der Waals surface area (Å²) in [6, 6.07) is 5.24. The number of aromatic nitrogens is 5. The Labute approximate surface area is 234 Å². The zero-order chi connectivity index (χ0) is 29.6. The van der Waals surface area contributed by atoms with Gasteiger partial charge in [-0.25, -0.2) is 9.97 Å². The summed E-state index contributed by atoms with van der Waals surface area (Å²) in [7, 11) is 0. The Morgan fingerprint density at radius 3 is 2.73 bits per heavy atom. The van der Waals surface area contributed by atoms with Gasteiger partial charge in [0.2, 0.25) is 0 Å². The number of nitrogens with two attached hydrogens (primary N) is 1. The van der Waals surface area contributed by atoms with E-state index >= 15 is 0 Å². The minimum absolute atomic E-state index is 0.0689. The van der Waals surface area contributed by atoms with Crippen molar-refractivity contribution < 1.29 is 27.8 Å². The minimum atomic E-state index is -4.71. The number of nitrogens with zero attached hydrogens (tertiary/aromatic N) is 5. The average molecular weight is 575 g/mol. The van der Waals surface area contributed by atoms with Crippen molar-refractivity contribution in [2.45, 2.75) is 45.5 Å². The van der Waals surface area contributed by atoms with Gasteiger partial charge in [0, 0.05) is 42.9 Å². The smallest absolute Gasteiger partial charge is 0.391 e. The Morgan fingerprint density at radius 2 is 2.02 bits per heavy atom. The molecule has 1 atom stereocenters. The van der Waals surface area contributed by atoms with Crippen LogP contribution in [0.4, 0.5) is 24.7 Å². The van der Waals surface area contributed by atoms with Crippen molar-refractivity contribution >= 4 is 23.1 Å². The number of halogens is 3. The molecule has 1 unspecified atom stereocenters. The van der Waals surface area contributed by atoms with Crippen LogP contribution in [0.3, 0.4) is 0 Å². The fourth-order valence-electron chi connectivity index (χ4n) is 4.30. The van der Waals surface area contributed by atoms with E-state index in [9.17, 15) is 23.1 Å². The van der Waals surface area contributed by atoms with E-state index in [2.05, 4.69) is 25.7 Å². The van der Waals surface area contributed by atoms with Gasteiger partial charge in [0.1, 0.15) is 0 Å². The Kier molecular flexibility index (Phi) is 9.57. The molecule has 3 aromatic heterocycles. The van der Waals surface area contributed by atoms with Crippen molar-refractivity contribution in [3.63, 3.8) is 0 Å². The van der Waals surface area contributed by atoms with Crippen LogP contribution in [0.25, 0.3) is 16.9 Å². The Hall–Kier alpha value is -4.01. The molecule has 0 aliphatic heterocycles. The van der Waals surface area contributed by atoms with Crippen molar-refractivity contribution in [3.8, 4) is 11.3 Å². The maximum Gasteiger partial charge on any atom is 0.435 e. The van der Waals surface area contributed by atoms with Crippen LogP contribution in [0.5, 0.6) is 0 Å². The predicted molar refractivity (Wildman–Crippen MR) is 147 cm³/mol. The molecule has 14 heteroatoms. The molecule has 4 rings (SSSR count). The third kappa shape index (κ3) is 7.01. The van der Waals surface area contributed by atoms with Gasteiger partial charge in [-0.15, -0.1) is 0 Å². The second kappa shape index (κ2) is 13.1. The molecule has 220 valence electrons. The summed E-state index contributed by atoms with van der Waals surface area (Å²) in [6.45, 7) is 5.14. The first-order valence-electron chi connectivity index (χ1n) is 13.3. The molecule has 0 saturated carbocycles. The zero-order valence-corrected chi connectivity index (χ0v) is 22.8.